The van der Waals surface area contributed by atoms with E-state index < -0.39 is 0 Å². The zero-order valence-corrected chi connectivity index (χ0v) is 13.7. The molecule has 0 fully saturated rings. The minimum atomic E-state index is -0.135. The van der Waals surface area contributed by atoms with Crippen LogP contribution in [-0.4, -0.2) is 24.8 Å². The lowest BCUT2D eigenvalue weighted by molar-refractivity contribution is -0.123. The van der Waals surface area contributed by atoms with Crippen LogP contribution in [0.25, 0.3) is 0 Å². The van der Waals surface area contributed by atoms with Crippen LogP contribution in [0.2, 0.25) is 5.02 Å². The van der Waals surface area contributed by atoms with Crippen LogP contribution in [0.4, 0.5) is 0 Å². The Morgan fingerprint density at radius 1 is 1.09 bits per heavy atom. The van der Waals surface area contributed by atoms with Gasteiger partial charge in [0.05, 0.1) is 5.02 Å². The van der Waals surface area contributed by atoms with Crippen molar-refractivity contribution in [1.29, 1.82) is 0 Å². The highest BCUT2D eigenvalue weighted by Crippen LogP contribution is 2.22. The van der Waals surface area contributed by atoms with E-state index in [4.69, 9.17) is 16.3 Å². The zero-order chi connectivity index (χ0) is 15.6. The Morgan fingerprint density at radius 3 is 2.59 bits per heavy atom. The molecule has 0 aromatic heterocycles. The highest BCUT2D eigenvalue weighted by atomic mass is 35.5. The second kappa shape index (κ2) is 9.38. The summed E-state index contributed by atoms with van der Waals surface area (Å²) in [6.07, 6.45) is 0.914. The maximum Gasteiger partial charge on any atom is 0.257 e. The molecule has 0 aliphatic heterocycles. The standard InChI is InChI=1S/C17H18ClNO2S/c18-15-9-4-5-10-16(15)21-13-17(20)19-11-6-12-22-14-7-2-1-3-8-14/h1-5,7-10H,6,11-13H2,(H,19,20). The number of rotatable bonds is 8. The van der Waals surface area contributed by atoms with E-state index in [1.807, 2.05) is 30.3 Å². The number of hydrogen-bond acceptors (Lipinski definition) is 3. The van der Waals surface area contributed by atoms with Crippen molar-refractivity contribution in [1.82, 2.24) is 5.32 Å². The van der Waals surface area contributed by atoms with E-state index in [2.05, 4.69) is 17.4 Å². The Morgan fingerprint density at radius 2 is 1.82 bits per heavy atom. The van der Waals surface area contributed by atoms with Crippen molar-refractivity contribution in [3.05, 3.63) is 59.6 Å². The molecule has 2 aromatic carbocycles. The maximum absolute atomic E-state index is 11.7. The number of ether oxygens (including phenoxy) is 1. The van der Waals surface area contributed by atoms with Crippen LogP contribution in [-0.2, 0) is 4.79 Å². The van der Waals surface area contributed by atoms with Gasteiger partial charge in [0.2, 0.25) is 0 Å². The lowest BCUT2D eigenvalue weighted by Gasteiger charge is -2.08. The summed E-state index contributed by atoms with van der Waals surface area (Å²) in [5.74, 6) is 1.36. The van der Waals surface area contributed by atoms with Crippen molar-refractivity contribution in [2.24, 2.45) is 0 Å². The molecule has 0 radical (unpaired) electrons. The van der Waals surface area contributed by atoms with Crippen molar-refractivity contribution in [3.8, 4) is 5.75 Å². The second-order valence-corrected chi connectivity index (χ2v) is 6.16. The summed E-state index contributed by atoms with van der Waals surface area (Å²) < 4.78 is 5.38. The van der Waals surface area contributed by atoms with Gasteiger partial charge in [0, 0.05) is 11.4 Å². The minimum absolute atomic E-state index is 0.0183. The molecule has 1 N–H and O–H groups in total. The van der Waals surface area contributed by atoms with Crippen molar-refractivity contribution < 1.29 is 9.53 Å². The third kappa shape index (κ3) is 6.00. The van der Waals surface area contributed by atoms with Crippen molar-refractivity contribution >= 4 is 29.3 Å². The van der Waals surface area contributed by atoms with Gasteiger partial charge >= 0.3 is 0 Å². The first-order valence-corrected chi connectivity index (χ1v) is 8.44. The fraction of sp³-hybridized carbons (Fsp3) is 0.235. The number of hydrogen-bond donors (Lipinski definition) is 1. The number of halogens is 1. The molecule has 0 aliphatic carbocycles. The Balaban J connectivity index is 1.57. The summed E-state index contributed by atoms with van der Waals surface area (Å²) in [5, 5.41) is 3.35. The van der Waals surface area contributed by atoms with Gasteiger partial charge in [-0.15, -0.1) is 11.8 Å². The molecule has 0 saturated carbocycles. The number of thioether (sulfide) groups is 1. The smallest absolute Gasteiger partial charge is 0.257 e. The van der Waals surface area contributed by atoms with E-state index in [1.54, 1.807) is 23.9 Å². The number of carbonyl (C=O) groups excluding carboxylic acids is 1. The molecule has 1 amide bonds. The molecule has 0 heterocycles. The molecule has 2 rings (SSSR count). The van der Waals surface area contributed by atoms with Gasteiger partial charge < -0.3 is 10.1 Å². The first kappa shape index (κ1) is 16.7. The van der Waals surface area contributed by atoms with E-state index in [-0.39, 0.29) is 12.5 Å². The molecule has 3 nitrogen and oxygen atoms in total. The summed E-state index contributed by atoms with van der Waals surface area (Å²) in [4.78, 5) is 12.9. The fourth-order valence-corrected chi connectivity index (χ4v) is 2.83. The average Bonchev–Trinajstić information content (AvgIpc) is 2.55. The molecule has 22 heavy (non-hydrogen) atoms. The van der Waals surface area contributed by atoms with E-state index >= 15 is 0 Å². The fourth-order valence-electron chi connectivity index (χ4n) is 1.76. The van der Waals surface area contributed by atoms with E-state index in [1.165, 1.54) is 4.90 Å². The minimum Gasteiger partial charge on any atom is -0.482 e. The van der Waals surface area contributed by atoms with Gasteiger partial charge in [0.15, 0.2) is 6.61 Å². The molecule has 0 saturated heterocycles. The van der Waals surface area contributed by atoms with E-state index in [0.717, 1.165) is 12.2 Å². The topological polar surface area (TPSA) is 38.3 Å². The average molecular weight is 336 g/mol. The first-order valence-electron chi connectivity index (χ1n) is 7.07. The molecule has 0 aliphatic rings. The highest BCUT2D eigenvalue weighted by Gasteiger charge is 2.04. The van der Waals surface area contributed by atoms with Crippen molar-refractivity contribution in [3.63, 3.8) is 0 Å². The molecular weight excluding hydrogens is 318 g/mol. The lowest BCUT2D eigenvalue weighted by Crippen LogP contribution is -2.29. The summed E-state index contributed by atoms with van der Waals surface area (Å²) in [5.41, 5.74) is 0. The first-order chi connectivity index (χ1) is 10.8. The number of nitrogens with one attached hydrogen (secondary N) is 1. The molecule has 0 spiro atoms. The van der Waals surface area contributed by atoms with Gasteiger partial charge in [-0.05, 0) is 36.4 Å². The summed E-state index contributed by atoms with van der Waals surface area (Å²) in [6.45, 7) is 0.625. The van der Waals surface area contributed by atoms with Crippen LogP contribution in [0.3, 0.4) is 0 Å². The molecule has 5 heteroatoms. The predicted octanol–water partition coefficient (Wildman–Crippen LogP) is 4.02. The van der Waals surface area contributed by atoms with Crippen LogP contribution >= 0.6 is 23.4 Å². The van der Waals surface area contributed by atoms with Gasteiger partial charge in [-0.2, -0.15) is 0 Å². The molecule has 0 atom stereocenters. The van der Waals surface area contributed by atoms with Gasteiger partial charge in [0.1, 0.15) is 5.75 Å². The normalized spacial score (nSPS) is 10.2. The zero-order valence-electron chi connectivity index (χ0n) is 12.1. The third-order valence-electron chi connectivity index (χ3n) is 2.85. The van der Waals surface area contributed by atoms with Crippen LogP contribution in [0, 0.1) is 0 Å². The summed E-state index contributed by atoms with van der Waals surface area (Å²) >= 11 is 7.74. The van der Waals surface area contributed by atoms with Crippen LogP contribution < -0.4 is 10.1 Å². The predicted molar refractivity (Wildman–Crippen MR) is 91.7 cm³/mol. The highest BCUT2D eigenvalue weighted by molar-refractivity contribution is 7.99. The van der Waals surface area contributed by atoms with E-state index in [0.29, 0.717) is 17.3 Å². The molecule has 2 aromatic rings. The Labute approximate surface area is 140 Å². The SMILES string of the molecule is O=C(COc1ccccc1Cl)NCCCSc1ccccc1. The van der Waals surface area contributed by atoms with Gasteiger partial charge in [-0.1, -0.05) is 41.9 Å². The number of amides is 1. The maximum atomic E-state index is 11.7. The lowest BCUT2D eigenvalue weighted by atomic mass is 10.3. The largest absolute Gasteiger partial charge is 0.482 e. The summed E-state index contributed by atoms with van der Waals surface area (Å²) in [7, 11) is 0. The molecule has 116 valence electrons. The summed E-state index contributed by atoms with van der Waals surface area (Å²) in [6, 6.07) is 17.3. The van der Waals surface area contributed by atoms with Gasteiger partial charge in [0.25, 0.3) is 5.91 Å². The van der Waals surface area contributed by atoms with Crippen LogP contribution in [0.5, 0.6) is 5.75 Å². The number of carbonyl (C=O) groups is 1. The molecular formula is C17H18ClNO2S. The molecule has 0 bridgehead atoms. The van der Waals surface area contributed by atoms with Crippen molar-refractivity contribution in [2.75, 3.05) is 18.9 Å². The molecule has 0 unspecified atom stereocenters. The third-order valence-corrected chi connectivity index (χ3v) is 4.26. The Bertz CT molecular complexity index is 592. The number of para-hydroxylation sites is 1. The second-order valence-electron chi connectivity index (χ2n) is 4.58. The number of benzene rings is 2. The van der Waals surface area contributed by atoms with Crippen molar-refractivity contribution in [2.45, 2.75) is 11.3 Å². The van der Waals surface area contributed by atoms with Crippen LogP contribution in [0.15, 0.2) is 59.5 Å². The van der Waals surface area contributed by atoms with Gasteiger partial charge in [-0.3, -0.25) is 4.79 Å². The van der Waals surface area contributed by atoms with E-state index in [9.17, 15) is 4.79 Å². The quantitative estimate of drug-likeness (QED) is 0.585. The monoisotopic (exact) mass is 335 g/mol. The Kier molecular flexibility index (Phi) is 7.13. The van der Waals surface area contributed by atoms with Crippen LogP contribution in [0.1, 0.15) is 6.42 Å². The van der Waals surface area contributed by atoms with Gasteiger partial charge in [-0.25, -0.2) is 0 Å². The Hall–Kier alpha value is -1.65.